The molecule has 1 fully saturated rings. The summed E-state index contributed by atoms with van der Waals surface area (Å²) in [5, 5.41) is 0. The Hall–Kier alpha value is -0.910. The van der Waals surface area contributed by atoms with Gasteiger partial charge in [-0.1, -0.05) is 0 Å². The van der Waals surface area contributed by atoms with Crippen LogP contribution in [0.15, 0.2) is 0 Å². The van der Waals surface area contributed by atoms with Crippen LogP contribution < -0.4 is 0 Å². The van der Waals surface area contributed by atoms with Crippen molar-refractivity contribution in [3.05, 3.63) is 0 Å². The van der Waals surface area contributed by atoms with E-state index in [1.807, 2.05) is 31.9 Å². The summed E-state index contributed by atoms with van der Waals surface area (Å²) < 4.78 is 5.33. The Bertz CT molecular complexity index is 334. The molecule has 5 nitrogen and oxygen atoms in total. The molecule has 1 aliphatic heterocycles. The predicted octanol–water partition coefficient (Wildman–Crippen LogP) is 2.21. The first-order valence-electron chi connectivity index (χ1n) is 7.08. The molecule has 1 heterocycles. The average Bonchev–Trinajstić information content (AvgIpc) is 2.37. The molecule has 0 aromatic carbocycles. The van der Waals surface area contributed by atoms with Crippen molar-refractivity contribution in [2.75, 3.05) is 38.2 Å². The molecule has 20 heavy (non-hydrogen) atoms. The maximum atomic E-state index is 12.0. The Kier molecular flexibility index (Phi) is 6.65. The van der Waals surface area contributed by atoms with Crippen molar-refractivity contribution in [3.63, 3.8) is 0 Å². The van der Waals surface area contributed by atoms with Gasteiger partial charge in [0.1, 0.15) is 5.60 Å². The van der Waals surface area contributed by atoms with Crippen molar-refractivity contribution in [2.24, 2.45) is 0 Å². The van der Waals surface area contributed by atoms with Gasteiger partial charge in [-0.05, 0) is 39.2 Å². The molecule has 0 aliphatic carbocycles. The number of nitrogens with zero attached hydrogens (tertiary/aromatic N) is 2. The minimum Gasteiger partial charge on any atom is -0.444 e. The van der Waals surface area contributed by atoms with Gasteiger partial charge in [0.25, 0.3) is 0 Å². The summed E-state index contributed by atoms with van der Waals surface area (Å²) in [5.74, 6) is 1.21. The number of carbonyl (C=O) groups is 2. The van der Waals surface area contributed by atoms with Crippen molar-refractivity contribution < 1.29 is 14.3 Å². The Morgan fingerprint density at radius 1 is 1.10 bits per heavy atom. The lowest BCUT2D eigenvalue weighted by molar-refractivity contribution is -0.132. The lowest BCUT2D eigenvalue weighted by atomic mass is 10.2. The number of hydrogen-bond donors (Lipinski definition) is 0. The summed E-state index contributed by atoms with van der Waals surface area (Å²) in [4.78, 5) is 27.4. The third-order valence-corrected chi connectivity index (χ3v) is 3.72. The van der Waals surface area contributed by atoms with E-state index in [0.717, 1.165) is 12.2 Å². The highest BCUT2D eigenvalue weighted by molar-refractivity contribution is 7.98. The Labute approximate surface area is 126 Å². The Morgan fingerprint density at radius 3 is 2.15 bits per heavy atom. The van der Waals surface area contributed by atoms with E-state index >= 15 is 0 Å². The monoisotopic (exact) mass is 302 g/mol. The van der Waals surface area contributed by atoms with Gasteiger partial charge < -0.3 is 14.5 Å². The van der Waals surface area contributed by atoms with Crippen LogP contribution in [0.1, 0.15) is 33.6 Å². The molecule has 1 aliphatic rings. The van der Waals surface area contributed by atoms with Gasteiger partial charge in [0.15, 0.2) is 0 Å². The van der Waals surface area contributed by atoms with Gasteiger partial charge in [0.2, 0.25) is 5.91 Å². The first kappa shape index (κ1) is 17.1. The first-order valence-corrected chi connectivity index (χ1v) is 8.47. The SMILES string of the molecule is CSCCCC(=O)N1CCN(C(=O)OC(C)(C)C)CC1. The largest absolute Gasteiger partial charge is 0.444 e. The van der Waals surface area contributed by atoms with E-state index in [0.29, 0.717) is 32.6 Å². The molecule has 0 N–H and O–H groups in total. The van der Waals surface area contributed by atoms with Crippen LogP contribution in [-0.4, -0.2) is 65.6 Å². The van der Waals surface area contributed by atoms with Crippen molar-refractivity contribution >= 4 is 23.8 Å². The van der Waals surface area contributed by atoms with Gasteiger partial charge >= 0.3 is 6.09 Å². The molecule has 1 saturated heterocycles. The average molecular weight is 302 g/mol. The number of hydrogen-bond acceptors (Lipinski definition) is 4. The van der Waals surface area contributed by atoms with Gasteiger partial charge in [0.05, 0.1) is 0 Å². The van der Waals surface area contributed by atoms with Gasteiger partial charge in [-0.2, -0.15) is 11.8 Å². The van der Waals surface area contributed by atoms with Crippen LogP contribution in [0.3, 0.4) is 0 Å². The number of amides is 2. The third-order valence-electron chi connectivity index (χ3n) is 3.02. The number of rotatable bonds is 4. The third kappa shape index (κ3) is 6.03. The molecule has 0 bridgehead atoms. The Morgan fingerprint density at radius 2 is 1.65 bits per heavy atom. The van der Waals surface area contributed by atoms with Gasteiger partial charge in [0, 0.05) is 32.6 Å². The minimum atomic E-state index is -0.470. The lowest BCUT2D eigenvalue weighted by Gasteiger charge is -2.35. The topological polar surface area (TPSA) is 49.9 Å². The zero-order valence-electron chi connectivity index (χ0n) is 13.0. The van der Waals surface area contributed by atoms with Crippen LogP contribution >= 0.6 is 11.8 Å². The summed E-state index contributed by atoms with van der Waals surface area (Å²) in [6.07, 6.45) is 3.29. The van der Waals surface area contributed by atoms with E-state index in [1.165, 1.54) is 0 Å². The molecule has 0 spiro atoms. The van der Waals surface area contributed by atoms with E-state index < -0.39 is 5.60 Å². The summed E-state index contributed by atoms with van der Waals surface area (Å²) in [6, 6.07) is 0. The van der Waals surface area contributed by atoms with Crippen molar-refractivity contribution in [1.29, 1.82) is 0 Å². The number of carbonyl (C=O) groups excluding carboxylic acids is 2. The standard InChI is InChI=1S/C14H26N2O3S/c1-14(2,3)19-13(18)16-9-7-15(8-10-16)12(17)6-5-11-20-4/h5-11H2,1-4H3. The van der Waals surface area contributed by atoms with Crippen LogP contribution in [0.2, 0.25) is 0 Å². The predicted molar refractivity (Wildman–Crippen MR) is 82.0 cm³/mol. The van der Waals surface area contributed by atoms with Crippen LogP contribution in [0.4, 0.5) is 4.79 Å². The molecule has 1 rings (SSSR count). The molecule has 0 aromatic rings. The molecule has 0 unspecified atom stereocenters. The smallest absolute Gasteiger partial charge is 0.410 e. The number of thioether (sulfide) groups is 1. The van der Waals surface area contributed by atoms with Crippen LogP contribution in [-0.2, 0) is 9.53 Å². The second kappa shape index (κ2) is 7.76. The highest BCUT2D eigenvalue weighted by Crippen LogP contribution is 2.12. The Balaban J connectivity index is 2.32. The second-order valence-corrected chi connectivity index (χ2v) is 6.93. The van der Waals surface area contributed by atoms with E-state index in [-0.39, 0.29) is 12.0 Å². The summed E-state index contributed by atoms with van der Waals surface area (Å²) in [6.45, 7) is 7.91. The van der Waals surface area contributed by atoms with E-state index in [2.05, 4.69) is 0 Å². The summed E-state index contributed by atoms with van der Waals surface area (Å²) >= 11 is 1.76. The lowest BCUT2D eigenvalue weighted by Crippen LogP contribution is -2.51. The van der Waals surface area contributed by atoms with Gasteiger partial charge in [-0.25, -0.2) is 4.79 Å². The molecular weight excluding hydrogens is 276 g/mol. The van der Waals surface area contributed by atoms with Crippen molar-refractivity contribution in [3.8, 4) is 0 Å². The van der Waals surface area contributed by atoms with Crippen LogP contribution in [0, 0.1) is 0 Å². The molecule has 6 heteroatoms. The quantitative estimate of drug-likeness (QED) is 0.747. The fourth-order valence-electron chi connectivity index (χ4n) is 1.99. The van der Waals surface area contributed by atoms with Gasteiger partial charge in [-0.3, -0.25) is 4.79 Å². The summed E-state index contributed by atoms with van der Waals surface area (Å²) in [5.41, 5.74) is -0.470. The van der Waals surface area contributed by atoms with Crippen LogP contribution in [0.5, 0.6) is 0 Å². The van der Waals surface area contributed by atoms with Crippen molar-refractivity contribution in [1.82, 2.24) is 9.80 Å². The molecular formula is C14H26N2O3S. The van der Waals surface area contributed by atoms with E-state index in [1.54, 1.807) is 16.7 Å². The fraction of sp³-hybridized carbons (Fsp3) is 0.857. The second-order valence-electron chi connectivity index (χ2n) is 5.94. The number of ether oxygens (including phenoxy) is 1. The maximum absolute atomic E-state index is 12.0. The zero-order chi connectivity index (χ0) is 15.2. The molecule has 116 valence electrons. The maximum Gasteiger partial charge on any atom is 0.410 e. The molecule has 2 amide bonds. The van der Waals surface area contributed by atoms with Crippen LogP contribution in [0.25, 0.3) is 0 Å². The molecule has 0 saturated carbocycles. The van der Waals surface area contributed by atoms with Gasteiger partial charge in [-0.15, -0.1) is 0 Å². The fourth-order valence-corrected chi connectivity index (χ4v) is 2.42. The molecule has 0 atom stereocenters. The first-order chi connectivity index (χ1) is 9.33. The van der Waals surface area contributed by atoms with E-state index in [9.17, 15) is 9.59 Å². The molecule has 0 aromatic heterocycles. The highest BCUT2D eigenvalue weighted by atomic mass is 32.2. The number of piperazine rings is 1. The minimum absolute atomic E-state index is 0.197. The summed E-state index contributed by atoms with van der Waals surface area (Å²) in [7, 11) is 0. The van der Waals surface area contributed by atoms with Crippen molar-refractivity contribution in [2.45, 2.75) is 39.2 Å². The highest BCUT2D eigenvalue weighted by Gasteiger charge is 2.27. The van der Waals surface area contributed by atoms with E-state index in [4.69, 9.17) is 4.74 Å². The zero-order valence-corrected chi connectivity index (χ0v) is 13.8. The normalized spacial score (nSPS) is 16.2. The molecule has 0 radical (unpaired) electrons.